The molecule has 6 heteroatoms. The van der Waals surface area contributed by atoms with Crippen LogP contribution >= 0.6 is 0 Å². The van der Waals surface area contributed by atoms with Gasteiger partial charge in [-0.2, -0.15) is 5.56 Å². The van der Waals surface area contributed by atoms with Gasteiger partial charge in [-0.05, 0) is 0 Å². The molecule has 0 aromatic heterocycles. The van der Waals surface area contributed by atoms with Crippen LogP contribution in [0.2, 0.25) is 0 Å². The fraction of sp³-hybridized carbons (Fsp3) is 0. The van der Waals surface area contributed by atoms with E-state index in [4.69, 9.17) is 6.58 Å². The molecule has 0 aliphatic rings. The summed E-state index contributed by atoms with van der Waals surface area (Å²) in [6, 6.07) is 9.77. The summed E-state index contributed by atoms with van der Waals surface area (Å²) in [6.45, 7) is 8.91. The van der Waals surface area contributed by atoms with E-state index in [2.05, 4.69) is 13.0 Å². The van der Waals surface area contributed by atoms with Gasteiger partial charge in [0.2, 0.25) is 0 Å². The summed E-state index contributed by atoms with van der Waals surface area (Å²) in [5.41, 5.74) is 1.70. The van der Waals surface area contributed by atoms with Crippen LogP contribution in [0.4, 0.5) is 0 Å². The van der Waals surface area contributed by atoms with Gasteiger partial charge in [-0.1, -0.05) is 30.3 Å². The average Bonchev–Trinajstić information content (AvgIpc) is 2.06. The minimum Gasteiger partial charge on any atom is -0.530 e. The van der Waals surface area contributed by atoms with Crippen molar-refractivity contribution < 1.29 is 125 Å². The summed E-state index contributed by atoms with van der Waals surface area (Å²) < 4.78 is 0. The first-order valence-corrected chi connectivity index (χ1v) is 3.39. The Morgan fingerprint density at radius 3 is 1.76 bits per heavy atom. The second-order valence-corrected chi connectivity index (χ2v) is 2.18. The topological polar surface area (TPSA) is 0 Å². The van der Waals surface area contributed by atoms with Gasteiger partial charge in [0.1, 0.15) is 0 Å². The molecule has 84 valence electrons. The van der Waals surface area contributed by atoms with E-state index in [0.717, 1.165) is 5.56 Å². The molecule has 0 amide bonds. The van der Waals surface area contributed by atoms with Crippen LogP contribution in [0.1, 0.15) is 5.56 Å². The molecule has 0 spiro atoms. The first-order valence-electron chi connectivity index (χ1n) is 3.39. The molecular formula is C11H9V5Y-3. The number of allylic oxidation sites excluding steroid dienone is 2. The zero-order valence-corrected chi connectivity index (χ0v) is 18.9. The molecule has 0 fully saturated rings. The monoisotopic (exact) mass is 485 g/mol. The second kappa shape index (κ2) is 23.7. The minimum atomic E-state index is 0. The van der Waals surface area contributed by atoms with E-state index in [-0.39, 0.29) is 125 Å². The van der Waals surface area contributed by atoms with Crippen LogP contribution in [0.3, 0.4) is 0 Å². The van der Waals surface area contributed by atoms with Crippen molar-refractivity contribution in [3.63, 3.8) is 0 Å². The van der Waals surface area contributed by atoms with Crippen molar-refractivity contribution in [2.45, 2.75) is 0 Å². The maximum Gasteiger partial charge on any atom is 0 e. The van der Waals surface area contributed by atoms with Crippen LogP contribution in [0.25, 0.3) is 0 Å². The summed E-state index contributed by atoms with van der Waals surface area (Å²) in [4.78, 5) is 0. The van der Waals surface area contributed by atoms with Crippen molar-refractivity contribution in [1.82, 2.24) is 0 Å². The van der Waals surface area contributed by atoms with Gasteiger partial charge in [0.25, 0.3) is 0 Å². The summed E-state index contributed by atoms with van der Waals surface area (Å²) in [5.74, 6) is 0. The Morgan fingerprint density at radius 2 is 1.41 bits per heavy atom. The van der Waals surface area contributed by atoms with E-state index in [0.29, 0.717) is 5.57 Å². The molecule has 1 aromatic rings. The molecule has 1 aromatic carbocycles. The molecule has 0 aliphatic heterocycles. The third-order valence-electron chi connectivity index (χ3n) is 1.28. The van der Waals surface area contributed by atoms with Crippen LogP contribution in [0.15, 0.2) is 42.0 Å². The first-order chi connectivity index (χ1) is 5.33. The zero-order chi connectivity index (χ0) is 8.10. The zero-order valence-electron chi connectivity index (χ0n) is 9.06. The number of rotatable bonds is 2. The second-order valence-electron chi connectivity index (χ2n) is 2.18. The molecule has 0 bridgehead atoms. The average molecular weight is 485 g/mol. The van der Waals surface area contributed by atoms with Crippen molar-refractivity contribution >= 4 is 0 Å². The van der Waals surface area contributed by atoms with Gasteiger partial charge in [-0.15, -0.1) is 0 Å². The van der Waals surface area contributed by atoms with E-state index in [1.54, 1.807) is 0 Å². The van der Waals surface area contributed by atoms with Gasteiger partial charge in [0.15, 0.2) is 0 Å². The summed E-state index contributed by atoms with van der Waals surface area (Å²) >= 11 is 0. The molecule has 0 heterocycles. The fourth-order valence-corrected chi connectivity index (χ4v) is 0.749. The summed E-state index contributed by atoms with van der Waals surface area (Å²) in [6.07, 6.45) is 4.45. The van der Waals surface area contributed by atoms with E-state index < -0.39 is 0 Å². The number of hydrogen-bond acceptors (Lipinski definition) is 0. The molecule has 0 aliphatic carbocycles. The molecule has 0 atom stereocenters. The Morgan fingerprint density at radius 1 is 1.00 bits per heavy atom. The van der Waals surface area contributed by atoms with Crippen molar-refractivity contribution in [2.75, 3.05) is 0 Å². The molecule has 0 nitrogen and oxygen atoms in total. The van der Waals surface area contributed by atoms with E-state index in [9.17, 15) is 0 Å². The van der Waals surface area contributed by atoms with Crippen LogP contribution in [0, 0.1) is 19.6 Å². The van der Waals surface area contributed by atoms with Crippen molar-refractivity contribution in [1.29, 1.82) is 0 Å². The van der Waals surface area contributed by atoms with Gasteiger partial charge in [-0.3, -0.25) is 0 Å². The standard InChI is InChI=1S/C11H9.5V.Y/c1-3-10(2)9-11-7-5-4-6-8-11;;;;;;/h1,3-8H,2H2;;;;;;/q-3;;;;;;. The van der Waals surface area contributed by atoms with Crippen LogP contribution in [0.5, 0.6) is 0 Å². The fourth-order valence-electron chi connectivity index (χ4n) is 0.749. The number of hydrogen-bond donors (Lipinski definition) is 0. The van der Waals surface area contributed by atoms with Gasteiger partial charge in [0, 0.05) is 125 Å². The van der Waals surface area contributed by atoms with Crippen LogP contribution in [-0.2, 0) is 125 Å². The van der Waals surface area contributed by atoms with E-state index in [1.165, 1.54) is 6.08 Å². The Labute approximate surface area is 189 Å². The third-order valence-corrected chi connectivity index (χ3v) is 1.28. The minimum absolute atomic E-state index is 0. The van der Waals surface area contributed by atoms with Gasteiger partial charge >= 0.3 is 0 Å². The van der Waals surface area contributed by atoms with Gasteiger partial charge in [0.05, 0.1) is 0 Å². The van der Waals surface area contributed by atoms with E-state index in [1.807, 2.05) is 30.3 Å². The molecule has 0 unspecified atom stereocenters. The number of benzene rings is 1. The Kier molecular flexibility index (Phi) is 51.0. The summed E-state index contributed by atoms with van der Waals surface area (Å²) in [5, 5.41) is 0. The Bertz CT molecular complexity index is 274. The Hall–Kier alpha value is 2.60. The first kappa shape index (κ1) is 36.7. The van der Waals surface area contributed by atoms with Crippen molar-refractivity contribution in [3.05, 3.63) is 67.1 Å². The normalized spacial score (nSPS) is 7.18. The quantitative estimate of drug-likeness (QED) is 0.447. The molecule has 0 N–H and O–H groups in total. The molecule has 0 saturated heterocycles. The van der Waals surface area contributed by atoms with Crippen LogP contribution < -0.4 is 0 Å². The van der Waals surface area contributed by atoms with E-state index >= 15 is 0 Å². The van der Waals surface area contributed by atoms with Gasteiger partial charge < -0.3 is 31.2 Å². The van der Waals surface area contributed by atoms with Crippen molar-refractivity contribution in [3.8, 4) is 0 Å². The molecule has 17 heavy (non-hydrogen) atoms. The third kappa shape index (κ3) is 18.6. The molecule has 1 rings (SSSR count). The van der Waals surface area contributed by atoms with Gasteiger partial charge in [-0.25, -0.2) is 0 Å². The van der Waals surface area contributed by atoms with Crippen LogP contribution in [-0.4, -0.2) is 0 Å². The molecule has 0 saturated carbocycles. The molecule has 6 radical (unpaired) electrons. The smallest absolute Gasteiger partial charge is 0 e. The SMILES string of the molecule is [CH-]=CC([CH2-])=[C-]c1ccccc1.[V].[V].[V].[V].[V].[Y]. The Balaban J connectivity index is -0.0000000504. The predicted octanol–water partition coefficient (Wildman–Crippen LogP) is 2.57. The largest absolute Gasteiger partial charge is 0.530 e. The predicted molar refractivity (Wildman–Crippen MR) is 46.5 cm³/mol. The molecular weight excluding hydrogens is 476 g/mol. The summed E-state index contributed by atoms with van der Waals surface area (Å²) in [7, 11) is 0. The maximum absolute atomic E-state index is 5.23. The maximum atomic E-state index is 5.23. The van der Waals surface area contributed by atoms with Crippen molar-refractivity contribution in [2.24, 2.45) is 0 Å².